The molecule has 100 valence electrons. The molecule has 1 atom stereocenters. The Morgan fingerprint density at radius 3 is 2.67 bits per heavy atom. The van der Waals surface area contributed by atoms with Crippen LogP contribution in [-0.2, 0) is 6.42 Å². The van der Waals surface area contributed by atoms with Crippen molar-refractivity contribution in [1.29, 1.82) is 0 Å². The molecule has 1 aliphatic rings. The molecule has 3 heteroatoms. The number of hydrogen-bond donors (Lipinski definition) is 1. The summed E-state index contributed by atoms with van der Waals surface area (Å²) in [6, 6.07) is 3.96. The predicted molar refractivity (Wildman–Crippen MR) is 73.5 cm³/mol. The number of hydrogen-bond acceptors (Lipinski definition) is 3. The summed E-state index contributed by atoms with van der Waals surface area (Å²) in [5.41, 5.74) is 0.950. The first-order valence-electron chi connectivity index (χ1n) is 6.93. The lowest BCUT2D eigenvalue weighted by Crippen LogP contribution is -2.54. The van der Waals surface area contributed by atoms with Crippen LogP contribution in [0.15, 0.2) is 24.5 Å². The summed E-state index contributed by atoms with van der Waals surface area (Å²) in [4.78, 5) is 6.54. The fourth-order valence-electron chi connectivity index (χ4n) is 2.67. The third-order valence-electron chi connectivity index (χ3n) is 4.14. The van der Waals surface area contributed by atoms with Crippen LogP contribution in [0, 0.1) is 0 Å². The molecule has 1 saturated heterocycles. The summed E-state index contributed by atoms with van der Waals surface area (Å²) in [5, 5.41) is 10.5. The number of piperidine rings is 1. The third kappa shape index (κ3) is 3.09. The van der Waals surface area contributed by atoms with Gasteiger partial charge in [-0.1, -0.05) is 12.5 Å². The smallest absolute Gasteiger partial charge is 0.0759 e. The maximum Gasteiger partial charge on any atom is 0.0759 e. The highest BCUT2D eigenvalue weighted by Gasteiger charge is 2.34. The normalized spacial score (nSPS) is 19.7. The van der Waals surface area contributed by atoms with Crippen molar-refractivity contribution in [3.05, 3.63) is 30.1 Å². The standard InChI is InChI=1S/C15H24N2O/c1-15(2,17-9-4-3-5-10-17)14(18)11-13-7-6-8-16-12-13/h6-8,12,14,18H,3-5,9-11H2,1-2H3. The molecule has 0 aromatic carbocycles. The van der Waals surface area contributed by atoms with Gasteiger partial charge in [-0.15, -0.1) is 0 Å². The Hall–Kier alpha value is -0.930. The van der Waals surface area contributed by atoms with Gasteiger partial charge in [0.1, 0.15) is 0 Å². The molecule has 0 aliphatic carbocycles. The minimum Gasteiger partial charge on any atom is -0.391 e. The summed E-state index contributed by atoms with van der Waals surface area (Å²) < 4.78 is 0. The van der Waals surface area contributed by atoms with E-state index in [1.165, 1.54) is 19.3 Å². The third-order valence-corrected chi connectivity index (χ3v) is 4.14. The second-order valence-corrected chi connectivity index (χ2v) is 5.78. The monoisotopic (exact) mass is 248 g/mol. The van der Waals surface area contributed by atoms with E-state index in [9.17, 15) is 5.11 Å². The summed E-state index contributed by atoms with van der Waals surface area (Å²) >= 11 is 0. The molecule has 1 N–H and O–H groups in total. The molecule has 1 unspecified atom stereocenters. The maximum absolute atomic E-state index is 10.5. The average molecular weight is 248 g/mol. The first kappa shape index (κ1) is 13.5. The summed E-state index contributed by atoms with van der Waals surface area (Å²) in [6.07, 6.45) is 7.77. The van der Waals surface area contributed by atoms with E-state index in [4.69, 9.17) is 0 Å². The predicted octanol–water partition coefficient (Wildman–Crippen LogP) is 2.25. The van der Waals surface area contributed by atoms with Crippen molar-refractivity contribution in [3.63, 3.8) is 0 Å². The Balaban J connectivity index is 2.00. The zero-order valence-corrected chi connectivity index (χ0v) is 11.5. The SMILES string of the molecule is CC(C)(C(O)Cc1cccnc1)N1CCCCC1. The first-order chi connectivity index (χ1) is 8.60. The second kappa shape index (κ2) is 5.81. The number of aliphatic hydroxyl groups excluding tert-OH is 1. The molecule has 2 heterocycles. The Bertz CT molecular complexity index is 358. The number of rotatable bonds is 4. The van der Waals surface area contributed by atoms with Crippen LogP contribution in [0.4, 0.5) is 0 Å². The molecule has 1 fully saturated rings. The van der Waals surface area contributed by atoms with Crippen LogP contribution >= 0.6 is 0 Å². The Kier molecular flexibility index (Phi) is 4.36. The van der Waals surface area contributed by atoms with Gasteiger partial charge < -0.3 is 5.11 Å². The van der Waals surface area contributed by atoms with Gasteiger partial charge in [-0.25, -0.2) is 0 Å². The van der Waals surface area contributed by atoms with Gasteiger partial charge >= 0.3 is 0 Å². The van der Waals surface area contributed by atoms with Crippen molar-refractivity contribution >= 4 is 0 Å². The summed E-state index contributed by atoms with van der Waals surface area (Å²) in [5.74, 6) is 0. The summed E-state index contributed by atoms with van der Waals surface area (Å²) in [7, 11) is 0. The van der Waals surface area contributed by atoms with E-state index in [-0.39, 0.29) is 11.6 Å². The van der Waals surface area contributed by atoms with Gasteiger partial charge in [0.2, 0.25) is 0 Å². The quantitative estimate of drug-likeness (QED) is 0.888. The van der Waals surface area contributed by atoms with Crippen LogP contribution in [0.5, 0.6) is 0 Å². The van der Waals surface area contributed by atoms with E-state index in [0.29, 0.717) is 6.42 Å². The van der Waals surface area contributed by atoms with Crippen molar-refractivity contribution in [1.82, 2.24) is 9.88 Å². The molecule has 1 aliphatic heterocycles. The van der Waals surface area contributed by atoms with Crippen molar-refractivity contribution in [2.75, 3.05) is 13.1 Å². The molecular formula is C15H24N2O. The first-order valence-corrected chi connectivity index (χ1v) is 6.93. The van der Waals surface area contributed by atoms with Crippen molar-refractivity contribution < 1.29 is 5.11 Å². The van der Waals surface area contributed by atoms with Crippen molar-refractivity contribution in [2.24, 2.45) is 0 Å². The number of nitrogens with zero attached hydrogens (tertiary/aromatic N) is 2. The van der Waals surface area contributed by atoms with E-state index in [0.717, 1.165) is 18.7 Å². The lowest BCUT2D eigenvalue weighted by molar-refractivity contribution is -0.0187. The van der Waals surface area contributed by atoms with Gasteiger partial charge in [-0.3, -0.25) is 9.88 Å². The fourth-order valence-corrected chi connectivity index (χ4v) is 2.67. The van der Waals surface area contributed by atoms with E-state index in [1.54, 1.807) is 6.20 Å². The van der Waals surface area contributed by atoms with Crippen molar-refractivity contribution in [3.8, 4) is 0 Å². The highest BCUT2D eigenvalue weighted by atomic mass is 16.3. The molecular weight excluding hydrogens is 224 g/mol. The van der Waals surface area contributed by atoms with Gasteiger partial charge in [0.25, 0.3) is 0 Å². The molecule has 18 heavy (non-hydrogen) atoms. The van der Waals surface area contributed by atoms with E-state index >= 15 is 0 Å². The molecule has 0 saturated carbocycles. The van der Waals surface area contributed by atoms with E-state index in [1.807, 2.05) is 18.3 Å². The average Bonchev–Trinajstić information content (AvgIpc) is 2.41. The minimum atomic E-state index is -0.347. The molecule has 1 aromatic heterocycles. The maximum atomic E-state index is 10.5. The minimum absolute atomic E-state index is 0.156. The highest BCUT2D eigenvalue weighted by Crippen LogP contribution is 2.25. The molecule has 3 nitrogen and oxygen atoms in total. The van der Waals surface area contributed by atoms with Crippen LogP contribution < -0.4 is 0 Å². The second-order valence-electron chi connectivity index (χ2n) is 5.78. The van der Waals surface area contributed by atoms with Gasteiger partial charge in [-0.05, 0) is 51.4 Å². The van der Waals surface area contributed by atoms with Gasteiger partial charge in [-0.2, -0.15) is 0 Å². The van der Waals surface area contributed by atoms with Crippen LogP contribution in [0.2, 0.25) is 0 Å². The molecule has 0 bridgehead atoms. The van der Waals surface area contributed by atoms with E-state index in [2.05, 4.69) is 23.7 Å². The van der Waals surface area contributed by atoms with Gasteiger partial charge in [0.05, 0.1) is 6.10 Å². The van der Waals surface area contributed by atoms with E-state index < -0.39 is 0 Å². The molecule has 2 rings (SSSR count). The lowest BCUT2D eigenvalue weighted by atomic mass is 9.89. The Labute approximate surface area is 110 Å². The largest absolute Gasteiger partial charge is 0.391 e. The summed E-state index contributed by atoms with van der Waals surface area (Å²) in [6.45, 7) is 6.52. The highest BCUT2D eigenvalue weighted by molar-refractivity contribution is 5.11. The molecule has 0 amide bonds. The van der Waals surface area contributed by atoms with Crippen molar-refractivity contribution in [2.45, 2.75) is 51.2 Å². The van der Waals surface area contributed by atoms with Gasteiger partial charge in [0, 0.05) is 24.4 Å². The number of aromatic nitrogens is 1. The topological polar surface area (TPSA) is 36.4 Å². The number of aliphatic hydroxyl groups is 1. The fraction of sp³-hybridized carbons (Fsp3) is 0.667. The van der Waals surface area contributed by atoms with Crippen LogP contribution in [-0.4, -0.2) is 39.7 Å². The molecule has 1 aromatic rings. The number of likely N-dealkylation sites (tertiary alicyclic amines) is 1. The zero-order valence-electron chi connectivity index (χ0n) is 11.5. The van der Waals surface area contributed by atoms with Crippen LogP contribution in [0.25, 0.3) is 0 Å². The Morgan fingerprint density at radius 2 is 2.06 bits per heavy atom. The van der Waals surface area contributed by atoms with Gasteiger partial charge in [0.15, 0.2) is 0 Å². The van der Waals surface area contributed by atoms with Crippen LogP contribution in [0.1, 0.15) is 38.7 Å². The number of pyridine rings is 1. The Morgan fingerprint density at radius 1 is 1.33 bits per heavy atom. The zero-order chi connectivity index (χ0) is 13.0. The lowest BCUT2D eigenvalue weighted by Gasteiger charge is -2.44. The van der Waals surface area contributed by atoms with Crippen LogP contribution in [0.3, 0.4) is 0 Å². The molecule has 0 spiro atoms. The molecule has 0 radical (unpaired) electrons.